The number of halogens is 1. The number of fused-ring (bicyclic) bond motifs is 2. The van der Waals surface area contributed by atoms with E-state index in [-0.39, 0.29) is 23.9 Å². The van der Waals surface area contributed by atoms with Gasteiger partial charge in [-0.05, 0) is 37.0 Å². The fraction of sp³-hybridized carbons (Fsp3) is 0.400. The summed E-state index contributed by atoms with van der Waals surface area (Å²) < 4.78 is 14.0. The fourth-order valence-corrected chi connectivity index (χ4v) is 4.38. The summed E-state index contributed by atoms with van der Waals surface area (Å²) in [4.78, 5) is 6.44. The average Bonchev–Trinajstić information content (AvgIpc) is 3.36. The highest BCUT2D eigenvalue weighted by atomic mass is 19.1. The number of anilines is 1. The van der Waals surface area contributed by atoms with E-state index in [2.05, 4.69) is 30.7 Å². The molecule has 2 aromatic heterocycles. The Labute approximate surface area is 167 Å². The number of nitrogens with zero attached hydrogens (tertiary/aromatic N) is 5. The van der Waals surface area contributed by atoms with Crippen LogP contribution >= 0.6 is 0 Å². The van der Waals surface area contributed by atoms with Crippen molar-refractivity contribution in [2.75, 3.05) is 11.9 Å². The summed E-state index contributed by atoms with van der Waals surface area (Å²) in [6, 6.07) is 5.65. The molecule has 2 aliphatic heterocycles. The number of rotatable bonds is 4. The number of alkyl halides is 1. The zero-order valence-electron chi connectivity index (χ0n) is 16.0. The van der Waals surface area contributed by atoms with Gasteiger partial charge in [-0.25, -0.2) is 9.37 Å². The van der Waals surface area contributed by atoms with Crippen LogP contribution in [0.25, 0.3) is 22.5 Å². The monoisotopic (exact) mass is 395 g/mol. The first kappa shape index (κ1) is 18.0. The smallest absolute Gasteiger partial charge is 0.185 e. The van der Waals surface area contributed by atoms with E-state index < -0.39 is 6.17 Å². The van der Waals surface area contributed by atoms with E-state index in [4.69, 9.17) is 0 Å². The van der Waals surface area contributed by atoms with Gasteiger partial charge in [0.2, 0.25) is 0 Å². The minimum absolute atomic E-state index is 0.0768. The van der Waals surface area contributed by atoms with E-state index in [1.54, 1.807) is 30.7 Å². The van der Waals surface area contributed by atoms with Gasteiger partial charge in [0, 0.05) is 36.9 Å². The van der Waals surface area contributed by atoms with E-state index in [0.29, 0.717) is 23.6 Å². The summed E-state index contributed by atoms with van der Waals surface area (Å²) in [6.45, 7) is 0. The molecule has 5 rings (SSSR count). The van der Waals surface area contributed by atoms with Crippen LogP contribution in [0.4, 0.5) is 10.2 Å². The van der Waals surface area contributed by atoms with Crippen LogP contribution in [0.1, 0.15) is 19.3 Å². The van der Waals surface area contributed by atoms with E-state index in [0.717, 1.165) is 24.0 Å². The molecule has 3 N–H and O–H groups in total. The van der Waals surface area contributed by atoms with Crippen molar-refractivity contribution in [3.8, 4) is 28.3 Å². The van der Waals surface area contributed by atoms with Gasteiger partial charge in [0.05, 0.1) is 18.0 Å². The molecule has 4 heterocycles. The Morgan fingerprint density at radius 2 is 2.03 bits per heavy atom. The molecule has 0 saturated carbocycles. The van der Waals surface area contributed by atoms with Gasteiger partial charge in [0.25, 0.3) is 0 Å². The topological polar surface area (TPSA) is 103 Å². The third-order valence-corrected chi connectivity index (χ3v) is 6.01. The van der Waals surface area contributed by atoms with Crippen molar-refractivity contribution in [1.29, 1.82) is 0 Å². The Morgan fingerprint density at radius 3 is 2.72 bits per heavy atom. The number of aromatic hydroxyl groups is 1. The van der Waals surface area contributed by atoms with Gasteiger partial charge in [0.15, 0.2) is 11.6 Å². The van der Waals surface area contributed by atoms with Crippen LogP contribution in [0.5, 0.6) is 5.75 Å². The number of aromatic amines is 1. The third-order valence-electron chi connectivity index (χ3n) is 6.01. The van der Waals surface area contributed by atoms with E-state index in [1.807, 2.05) is 18.0 Å². The Balaban J connectivity index is 1.34. The molecule has 2 bridgehead atoms. The molecule has 29 heavy (non-hydrogen) atoms. The number of aromatic nitrogens is 5. The zero-order chi connectivity index (χ0) is 20.0. The minimum atomic E-state index is -0.766. The van der Waals surface area contributed by atoms with Gasteiger partial charge in [-0.15, -0.1) is 10.2 Å². The summed E-state index contributed by atoms with van der Waals surface area (Å²) in [6.07, 6.45) is 6.55. The number of H-pyrrole nitrogens is 1. The highest BCUT2D eigenvalue weighted by Crippen LogP contribution is 2.34. The van der Waals surface area contributed by atoms with Crippen molar-refractivity contribution < 1.29 is 9.50 Å². The van der Waals surface area contributed by atoms with Crippen LogP contribution < -0.4 is 10.2 Å². The molecule has 0 unspecified atom stereocenters. The van der Waals surface area contributed by atoms with E-state index in [1.165, 1.54) is 0 Å². The molecule has 0 aliphatic carbocycles. The first-order chi connectivity index (χ1) is 14.1. The van der Waals surface area contributed by atoms with Crippen molar-refractivity contribution in [3.05, 3.63) is 36.8 Å². The maximum Gasteiger partial charge on any atom is 0.185 e. The van der Waals surface area contributed by atoms with Crippen LogP contribution in [-0.2, 0) is 0 Å². The number of phenolic OH excluding ortho intramolecular Hbond substituents is 1. The SMILES string of the molecule is CN(c1cnc(-c2ccc(-c3cn[nH]c3)cc2O)nn1)[C@H]1C[C@@H]2C[C@H](F)[C@@H](C1)N2. The van der Waals surface area contributed by atoms with Crippen LogP contribution in [0.3, 0.4) is 0 Å². The molecule has 9 heteroatoms. The maximum atomic E-state index is 14.0. The highest BCUT2D eigenvalue weighted by Gasteiger charge is 2.42. The molecule has 2 aliphatic rings. The summed E-state index contributed by atoms with van der Waals surface area (Å²) >= 11 is 0. The molecule has 2 saturated heterocycles. The summed E-state index contributed by atoms with van der Waals surface area (Å²) in [5.74, 6) is 1.08. The Bertz CT molecular complexity index is 993. The van der Waals surface area contributed by atoms with Crippen molar-refractivity contribution in [2.24, 2.45) is 0 Å². The van der Waals surface area contributed by atoms with Crippen LogP contribution in [-0.4, -0.2) is 61.8 Å². The zero-order valence-corrected chi connectivity index (χ0v) is 16.0. The van der Waals surface area contributed by atoms with Crippen molar-refractivity contribution in [1.82, 2.24) is 30.7 Å². The van der Waals surface area contributed by atoms with Crippen molar-refractivity contribution in [3.63, 3.8) is 0 Å². The lowest BCUT2D eigenvalue weighted by Crippen LogP contribution is -2.48. The number of hydrogen-bond donors (Lipinski definition) is 3. The molecular formula is C20H22FN7O. The predicted molar refractivity (Wildman–Crippen MR) is 106 cm³/mol. The number of benzene rings is 1. The normalized spacial score (nSPS) is 25.9. The lowest BCUT2D eigenvalue weighted by molar-refractivity contribution is 0.274. The second-order valence-corrected chi connectivity index (χ2v) is 7.82. The quantitative estimate of drug-likeness (QED) is 0.623. The van der Waals surface area contributed by atoms with Crippen molar-refractivity contribution in [2.45, 2.75) is 43.6 Å². The standard InChI is InChI=1S/C20H22FN7O/c1-28(14-5-13-6-16(21)17(7-14)25-13)19-10-22-20(27-26-19)15-3-2-11(4-18(15)29)12-8-23-24-9-12/h2-4,8-10,13-14,16-17,25,29H,5-7H2,1H3,(H,23,24)/t13-,14+,16+,17-/m1/s1. The summed E-state index contributed by atoms with van der Waals surface area (Å²) in [7, 11) is 1.95. The fourth-order valence-electron chi connectivity index (χ4n) is 4.38. The molecule has 1 aromatic carbocycles. The average molecular weight is 395 g/mol. The molecule has 0 spiro atoms. The van der Waals surface area contributed by atoms with Gasteiger partial charge in [-0.2, -0.15) is 5.10 Å². The molecule has 4 atom stereocenters. The lowest BCUT2D eigenvalue weighted by atomic mass is 9.98. The molecule has 0 amide bonds. The van der Waals surface area contributed by atoms with Crippen LogP contribution in [0.15, 0.2) is 36.8 Å². The third kappa shape index (κ3) is 3.31. The molecule has 2 fully saturated rings. The van der Waals surface area contributed by atoms with Crippen LogP contribution in [0.2, 0.25) is 0 Å². The van der Waals surface area contributed by atoms with Gasteiger partial charge in [-0.3, -0.25) is 5.10 Å². The maximum absolute atomic E-state index is 14.0. The molecule has 3 aromatic rings. The second-order valence-electron chi connectivity index (χ2n) is 7.82. The number of phenols is 1. The Kier molecular flexibility index (Phi) is 4.39. The first-order valence-electron chi connectivity index (χ1n) is 9.73. The van der Waals surface area contributed by atoms with Gasteiger partial charge in [0.1, 0.15) is 11.9 Å². The molecule has 150 valence electrons. The van der Waals surface area contributed by atoms with E-state index >= 15 is 0 Å². The molecule has 8 nitrogen and oxygen atoms in total. The van der Waals surface area contributed by atoms with Gasteiger partial charge >= 0.3 is 0 Å². The predicted octanol–water partition coefficient (Wildman–Crippen LogP) is 2.30. The molecule has 0 radical (unpaired) electrons. The second kappa shape index (κ2) is 7.07. The summed E-state index contributed by atoms with van der Waals surface area (Å²) in [5.41, 5.74) is 2.24. The first-order valence-corrected chi connectivity index (χ1v) is 9.73. The molecular weight excluding hydrogens is 373 g/mol. The van der Waals surface area contributed by atoms with Crippen LogP contribution in [0, 0.1) is 0 Å². The van der Waals surface area contributed by atoms with Gasteiger partial charge < -0.3 is 15.3 Å². The number of nitrogens with one attached hydrogen (secondary N) is 2. The number of piperidine rings is 1. The largest absolute Gasteiger partial charge is 0.507 e. The Morgan fingerprint density at radius 1 is 1.14 bits per heavy atom. The Hall–Kier alpha value is -3.07. The number of hydrogen-bond acceptors (Lipinski definition) is 7. The minimum Gasteiger partial charge on any atom is -0.507 e. The van der Waals surface area contributed by atoms with Crippen molar-refractivity contribution >= 4 is 5.82 Å². The van der Waals surface area contributed by atoms with E-state index in [9.17, 15) is 9.50 Å². The lowest BCUT2D eigenvalue weighted by Gasteiger charge is -2.35. The van der Waals surface area contributed by atoms with Gasteiger partial charge in [-0.1, -0.05) is 6.07 Å². The highest BCUT2D eigenvalue weighted by molar-refractivity contribution is 5.72. The summed E-state index contributed by atoms with van der Waals surface area (Å²) in [5, 5.41) is 29.0.